The smallest absolute Gasteiger partial charge is 0.353 e. The predicted molar refractivity (Wildman–Crippen MR) is 150 cm³/mol. The van der Waals surface area contributed by atoms with Crippen molar-refractivity contribution in [3.8, 4) is 22.6 Å². The number of hydrogen-bond donors (Lipinski definition) is 1. The molecular weight excluding hydrogens is 516 g/mol. The van der Waals surface area contributed by atoms with E-state index in [1.807, 2.05) is 59.2 Å². The summed E-state index contributed by atoms with van der Waals surface area (Å²) < 4.78 is 21.5. The molecule has 0 saturated heterocycles. The summed E-state index contributed by atoms with van der Waals surface area (Å²) in [4.78, 5) is 27.2. The molecule has 1 N–H and O–H groups in total. The second kappa shape index (κ2) is 10.0. The Morgan fingerprint density at radius 2 is 1.85 bits per heavy atom. The van der Waals surface area contributed by atoms with Gasteiger partial charge in [0.25, 0.3) is 0 Å². The van der Waals surface area contributed by atoms with Gasteiger partial charge in [-0.05, 0) is 60.0 Å². The fourth-order valence-electron chi connectivity index (χ4n) is 5.13. The average molecular weight is 543 g/mol. The van der Waals surface area contributed by atoms with Gasteiger partial charge in [0.2, 0.25) is 12.7 Å². The quantitative estimate of drug-likeness (QED) is 0.259. The molecule has 3 aromatic carbocycles. The number of fused-ring (bicyclic) bond motifs is 3. The highest BCUT2D eigenvalue weighted by molar-refractivity contribution is 7.00. The summed E-state index contributed by atoms with van der Waals surface area (Å²) in [7, 11) is 0. The summed E-state index contributed by atoms with van der Waals surface area (Å²) in [6, 6.07) is 16.9. The molecule has 1 aliphatic heterocycles. The molecule has 1 aliphatic rings. The molecule has 0 radical (unpaired) electrons. The van der Waals surface area contributed by atoms with Gasteiger partial charge < -0.3 is 24.0 Å². The molecule has 0 atom stereocenters. The Bertz CT molecular complexity index is 1740. The van der Waals surface area contributed by atoms with Crippen LogP contribution in [0.1, 0.15) is 42.7 Å². The maximum atomic E-state index is 12.9. The van der Waals surface area contributed by atoms with Crippen molar-refractivity contribution in [3.63, 3.8) is 0 Å². The summed E-state index contributed by atoms with van der Waals surface area (Å²) in [6.07, 6.45) is 1.82. The number of hydrogen-bond acceptors (Lipinski definition) is 7. The number of rotatable bonds is 8. The Morgan fingerprint density at radius 3 is 2.64 bits per heavy atom. The van der Waals surface area contributed by atoms with Crippen molar-refractivity contribution in [2.75, 3.05) is 18.2 Å². The van der Waals surface area contributed by atoms with Crippen LogP contribution in [0, 0.1) is 0 Å². The molecule has 1 amide bonds. The minimum absolute atomic E-state index is 0.0578. The molecule has 2 aromatic heterocycles. The van der Waals surface area contributed by atoms with Gasteiger partial charge in [-0.15, -0.1) is 0 Å². The largest absolute Gasteiger partial charge is 0.477 e. The molecule has 9 nitrogen and oxygen atoms in total. The highest BCUT2D eigenvalue weighted by Gasteiger charge is 2.26. The Morgan fingerprint density at radius 1 is 1.03 bits per heavy atom. The number of carbonyl (C=O) groups is 2. The summed E-state index contributed by atoms with van der Waals surface area (Å²) in [5, 5.41) is 11.3. The molecule has 39 heavy (non-hydrogen) atoms. The van der Waals surface area contributed by atoms with Crippen LogP contribution in [-0.2, 0) is 11.3 Å². The fourth-order valence-corrected chi connectivity index (χ4v) is 5.65. The highest BCUT2D eigenvalue weighted by atomic mass is 32.1. The fraction of sp³-hybridized carbons (Fsp3) is 0.241. The number of aromatic nitrogens is 3. The molecule has 0 aliphatic carbocycles. The Balaban J connectivity index is 1.58. The zero-order valence-electron chi connectivity index (χ0n) is 21.5. The van der Waals surface area contributed by atoms with Crippen molar-refractivity contribution in [2.24, 2.45) is 0 Å². The SMILES string of the molecule is CCCCN(C(C)=O)c1ccc2c(c1)c(-c1ccc3nsnc3c1)c(C(=O)O)n2Cc1ccc2c(c1)OCO2. The van der Waals surface area contributed by atoms with Gasteiger partial charge in [-0.25, -0.2) is 4.79 Å². The molecule has 0 fully saturated rings. The summed E-state index contributed by atoms with van der Waals surface area (Å²) in [5.41, 5.74) is 5.28. The third-order valence-electron chi connectivity index (χ3n) is 7.00. The van der Waals surface area contributed by atoms with Crippen molar-refractivity contribution in [2.45, 2.75) is 33.2 Å². The topological polar surface area (TPSA) is 107 Å². The lowest BCUT2D eigenvalue weighted by Crippen LogP contribution is -2.29. The molecule has 198 valence electrons. The number of carboxylic acids is 1. The third-order valence-corrected chi connectivity index (χ3v) is 7.55. The zero-order valence-corrected chi connectivity index (χ0v) is 22.3. The van der Waals surface area contributed by atoms with Crippen LogP contribution in [-0.4, -0.2) is 43.6 Å². The average Bonchev–Trinajstić information content (AvgIpc) is 3.65. The molecule has 10 heteroatoms. The van der Waals surface area contributed by atoms with Gasteiger partial charge in [-0.1, -0.05) is 25.5 Å². The van der Waals surface area contributed by atoms with Crippen LogP contribution in [0.5, 0.6) is 11.5 Å². The minimum Gasteiger partial charge on any atom is -0.477 e. The maximum Gasteiger partial charge on any atom is 0.353 e. The first-order chi connectivity index (χ1) is 18.9. The monoisotopic (exact) mass is 542 g/mol. The molecule has 6 rings (SSSR count). The lowest BCUT2D eigenvalue weighted by atomic mass is 10.0. The molecular formula is C29H26N4O5S. The number of anilines is 1. The van der Waals surface area contributed by atoms with E-state index in [0.717, 1.165) is 57.8 Å². The maximum absolute atomic E-state index is 12.9. The van der Waals surface area contributed by atoms with Crippen LogP contribution < -0.4 is 14.4 Å². The number of amides is 1. The van der Waals surface area contributed by atoms with Gasteiger partial charge in [0, 0.05) is 42.2 Å². The van der Waals surface area contributed by atoms with Crippen LogP contribution in [0.25, 0.3) is 33.1 Å². The summed E-state index contributed by atoms with van der Waals surface area (Å²) in [6.45, 7) is 4.70. The van der Waals surface area contributed by atoms with E-state index in [-0.39, 0.29) is 18.4 Å². The van der Waals surface area contributed by atoms with E-state index in [0.29, 0.717) is 35.7 Å². The van der Waals surface area contributed by atoms with Crippen molar-refractivity contribution in [1.82, 2.24) is 13.3 Å². The Labute approximate surface area is 228 Å². The number of aromatic carboxylic acids is 1. The second-order valence-electron chi connectivity index (χ2n) is 9.50. The molecule has 3 heterocycles. The first kappa shape index (κ1) is 24.9. The number of unbranched alkanes of at least 4 members (excludes halogenated alkanes) is 1. The second-order valence-corrected chi connectivity index (χ2v) is 10.0. The molecule has 0 spiro atoms. The Kier molecular flexibility index (Phi) is 6.40. The van der Waals surface area contributed by atoms with E-state index in [4.69, 9.17) is 9.47 Å². The number of ether oxygens (including phenoxy) is 2. The van der Waals surface area contributed by atoms with Crippen LogP contribution >= 0.6 is 11.7 Å². The van der Waals surface area contributed by atoms with Gasteiger partial charge in [-0.2, -0.15) is 8.75 Å². The lowest BCUT2D eigenvalue weighted by Gasteiger charge is -2.21. The summed E-state index contributed by atoms with van der Waals surface area (Å²) >= 11 is 1.12. The van der Waals surface area contributed by atoms with Crippen LogP contribution in [0.2, 0.25) is 0 Å². The number of carbonyl (C=O) groups excluding carboxylic acids is 1. The van der Waals surface area contributed by atoms with Crippen molar-refractivity contribution in [3.05, 3.63) is 65.9 Å². The van der Waals surface area contributed by atoms with E-state index in [1.165, 1.54) is 0 Å². The van der Waals surface area contributed by atoms with Crippen molar-refractivity contribution < 1.29 is 24.2 Å². The Hall–Kier alpha value is -4.44. The first-order valence-corrected chi connectivity index (χ1v) is 13.5. The van der Waals surface area contributed by atoms with Gasteiger partial charge in [0.15, 0.2) is 11.5 Å². The predicted octanol–water partition coefficient (Wildman–Crippen LogP) is 5.94. The van der Waals surface area contributed by atoms with E-state index < -0.39 is 5.97 Å². The van der Waals surface area contributed by atoms with Crippen LogP contribution in [0.15, 0.2) is 54.6 Å². The van der Waals surface area contributed by atoms with Crippen molar-refractivity contribution in [1.29, 1.82) is 0 Å². The van der Waals surface area contributed by atoms with E-state index in [1.54, 1.807) is 11.8 Å². The van der Waals surface area contributed by atoms with Gasteiger partial charge in [-0.3, -0.25) is 4.79 Å². The van der Waals surface area contributed by atoms with Gasteiger partial charge >= 0.3 is 5.97 Å². The number of carboxylic acid groups (broad SMARTS) is 1. The van der Waals surface area contributed by atoms with Crippen LogP contribution in [0.3, 0.4) is 0 Å². The molecule has 0 unspecified atom stereocenters. The van der Waals surface area contributed by atoms with E-state index >= 15 is 0 Å². The van der Waals surface area contributed by atoms with Crippen LogP contribution in [0.4, 0.5) is 5.69 Å². The number of benzene rings is 3. The van der Waals surface area contributed by atoms with Gasteiger partial charge in [0.05, 0.1) is 11.7 Å². The van der Waals surface area contributed by atoms with Gasteiger partial charge in [0.1, 0.15) is 16.7 Å². The number of nitrogens with zero attached hydrogens (tertiary/aromatic N) is 4. The molecule has 0 saturated carbocycles. The standard InChI is InChI=1S/C29H26N4O5S/c1-3-4-11-32(17(2)34)20-7-9-24-21(14-20)27(19-6-8-22-23(13-19)31-39-30-22)28(29(35)36)33(24)15-18-5-10-25-26(12-18)38-16-37-25/h5-10,12-14H,3-4,11,15-16H2,1-2H3,(H,35,36). The molecule has 5 aromatic rings. The van der Waals surface area contributed by atoms with Crippen molar-refractivity contribution >= 4 is 51.2 Å². The third kappa shape index (κ3) is 4.46. The summed E-state index contributed by atoms with van der Waals surface area (Å²) in [5.74, 6) is 0.200. The molecule has 0 bridgehead atoms. The first-order valence-electron chi connectivity index (χ1n) is 12.7. The highest BCUT2D eigenvalue weighted by Crippen LogP contribution is 2.40. The minimum atomic E-state index is -1.05. The zero-order chi connectivity index (χ0) is 27.1. The van der Waals surface area contributed by atoms with E-state index in [2.05, 4.69) is 15.7 Å². The van der Waals surface area contributed by atoms with E-state index in [9.17, 15) is 14.7 Å². The normalized spacial score (nSPS) is 12.4. The lowest BCUT2D eigenvalue weighted by molar-refractivity contribution is -0.116.